The SMILES string of the molecule is CCC(C)C(CSc1cccc(C)c1)NC. The Morgan fingerprint density at radius 2 is 2.12 bits per heavy atom. The minimum Gasteiger partial charge on any atom is -0.316 e. The van der Waals surface area contributed by atoms with E-state index >= 15 is 0 Å². The van der Waals surface area contributed by atoms with Crippen molar-refractivity contribution in [2.45, 2.75) is 38.1 Å². The molecule has 0 spiro atoms. The lowest BCUT2D eigenvalue weighted by atomic mass is 10.0. The molecule has 0 fully saturated rings. The molecule has 2 heteroatoms. The highest BCUT2D eigenvalue weighted by Crippen LogP contribution is 2.22. The highest BCUT2D eigenvalue weighted by atomic mass is 32.2. The van der Waals surface area contributed by atoms with Gasteiger partial charge in [0.15, 0.2) is 0 Å². The molecule has 0 saturated heterocycles. The Hall–Kier alpha value is -0.470. The summed E-state index contributed by atoms with van der Waals surface area (Å²) < 4.78 is 0. The summed E-state index contributed by atoms with van der Waals surface area (Å²) >= 11 is 1.95. The van der Waals surface area contributed by atoms with Crippen LogP contribution in [-0.4, -0.2) is 18.8 Å². The summed E-state index contributed by atoms with van der Waals surface area (Å²) in [6.07, 6.45) is 1.24. The second-order valence-electron chi connectivity index (χ2n) is 4.41. The highest BCUT2D eigenvalue weighted by molar-refractivity contribution is 7.99. The largest absolute Gasteiger partial charge is 0.316 e. The summed E-state index contributed by atoms with van der Waals surface area (Å²) in [4.78, 5) is 1.38. The smallest absolute Gasteiger partial charge is 0.0184 e. The minimum atomic E-state index is 0.607. The minimum absolute atomic E-state index is 0.607. The standard InChI is InChI=1S/C14H23NS/c1-5-12(3)14(15-4)10-16-13-8-6-7-11(2)9-13/h6-9,12,14-15H,5,10H2,1-4H3. The number of hydrogen-bond acceptors (Lipinski definition) is 2. The third-order valence-electron chi connectivity index (χ3n) is 3.12. The first-order chi connectivity index (χ1) is 7.67. The molecule has 1 N–H and O–H groups in total. The van der Waals surface area contributed by atoms with Gasteiger partial charge in [-0.05, 0) is 32.0 Å². The Balaban J connectivity index is 2.49. The molecule has 1 nitrogen and oxygen atoms in total. The molecule has 0 amide bonds. The summed E-state index contributed by atoms with van der Waals surface area (Å²) in [5, 5.41) is 3.42. The van der Waals surface area contributed by atoms with Gasteiger partial charge in [-0.15, -0.1) is 11.8 Å². The van der Waals surface area contributed by atoms with Gasteiger partial charge in [-0.2, -0.15) is 0 Å². The molecule has 90 valence electrons. The second kappa shape index (κ2) is 6.97. The zero-order chi connectivity index (χ0) is 12.0. The van der Waals surface area contributed by atoms with Crippen molar-refractivity contribution < 1.29 is 0 Å². The van der Waals surface area contributed by atoms with Crippen LogP contribution in [0.15, 0.2) is 29.2 Å². The average molecular weight is 237 g/mol. The fourth-order valence-electron chi connectivity index (χ4n) is 1.71. The Morgan fingerprint density at radius 3 is 2.69 bits per heavy atom. The highest BCUT2D eigenvalue weighted by Gasteiger charge is 2.13. The van der Waals surface area contributed by atoms with E-state index < -0.39 is 0 Å². The Labute approximate surface area is 104 Å². The van der Waals surface area contributed by atoms with Gasteiger partial charge in [0, 0.05) is 16.7 Å². The van der Waals surface area contributed by atoms with Crippen molar-refractivity contribution in [3.8, 4) is 0 Å². The van der Waals surface area contributed by atoms with Crippen molar-refractivity contribution >= 4 is 11.8 Å². The van der Waals surface area contributed by atoms with Gasteiger partial charge in [-0.1, -0.05) is 38.0 Å². The monoisotopic (exact) mass is 237 g/mol. The molecule has 1 aromatic carbocycles. The number of rotatable bonds is 6. The van der Waals surface area contributed by atoms with Crippen molar-refractivity contribution in [1.82, 2.24) is 5.32 Å². The van der Waals surface area contributed by atoms with E-state index in [0.29, 0.717) is 6.04 Å². The first-order valence-electron chi connectivity index (χ1n) is 6.04. The molecule has 0 aliphatic heterocycles. The van der Waals surface area contributed by atoms with Crippen molar-refractivity contribution in [2.24, 2.45) is 5.92 Å². The molecule has 0 saturated carbocycles. The number of nitrogens with one attached hydrogen (secondary N) is 1. The van der Waals surface area contributed by atoms with Crippen LogP contribution in [0.1, 0.15) is 25.8 Å². The number of hydrogen-bond donors (Lipinski definition) is 1. The molecule has 1 rings (SSSR count). The van der Waals surface area contributed by atoms with E-state index in [-0.39, 0.29) is 0 Å². The summed E-state index contributed by atoms with van der Waals surface area (Å²) in [5.41, 5.74) is 1.34. The van der Waals surface area contributed by atoms with E-state index in [2.05, 4.69) is 57.4 Å². The van der Waals surface area contributed by atoms with Gasteiger partial charge in [-0.3, -0.25) is 0 Å². The van der Waals surface area contributed by atoms with Crippen LogP contribution in [0, 0.1) is 12.8 Å². The van der Waals surface area contributed by atoms with Crippen molar-refractivity contribution in [3.63, 3.8) is 0 Å². The van der Waals surface area contributed by atoms with E-state index in [1.165, 1.54) is 16.9 Å². The van der Waals surface area contributed by atoms with E-state index in [0.717, 1.165) is 11.7 Å². The molecule has 0 aromatic heterocycles. The van der Waals surface area contributed by atoms with Crippen LogP contribution >= 0.6 is 11.8 Å². The number of benzene rings is 1. The van der Waals surface area contributed by atoms with Gasteiger partial charge in [0.25, 0.3) is 0 Å². The normalized spacial score (nSPS) is 14.8. The van der Waals surface area contributed by atoms with Gasteiger partial charge < -0.3 is 5.32 Å². The fourth-order valence-corrected chi connectivity index (χ4v) is 3.02. The molecule has 0 radical (unpaired) electrons. The van der Waals surface area contributed by atoms with Gasteiger partial charge in [0.2, 0.25) is 0 Å². The van der Waals surface area contributed by atoms with Crippen LogP contribution in [0.25, 0.3) is 0 Å². The molecule has 16 heavy (non-hydrogen) atoms. The first-order valence-corrected chi connectivity index (χ1v) is 7.02. The lowest BCUT2D eigenvalue weighted by Gasteiger charge is -2.22. The third-order valence-corrected chi connectivity index (χ3v) is 4.23. The number of thioether (sulfide) groups is 1. The van der Waals surface area contributed by atoms with Crippen molar-refractivity contribution in [3.05, 3.63) is 29.8 Å². The molecular weight excluding hydrogens is 214 g/mol. The Morgan fingerprint density at radius 1 is 1.38 bits per heavy atom. The van der Waals surface area contributed by atoms with Gasteiger partial charge >= 0.3 is 0 Å². The second-order valence-corrected chi connectivity index (χ2v) is 5.50. The predicted octanol–water partition coefficient (Wildman–Crippen LogP) is 3.72. The fraction of sp³-hybridized carbons (Fsp3) is 0.571. The van der Waals surface area contributed by atoms with Crippen LogP contribution in [-0.2, 0) is 0 Å². The first kappa shape index (κ1) is 13.6. The van der Waals surface area contributed by atoms with E-state index in [4.69, 9.17) is 0 Å². The molecule has 0 heterocycles. The summed E-state index contributed by atoms with van der Waals surface area (Å²) in [7, 11) is 2.06. The molecular formula is C14H23NS. The van der Waals surface area contributed by atoms with Crippen LogP contribution in [0.3, 0.4) is 0 Å². The topological polar surface area (TPSA) is 12.0 Å². The van der Waals surface area contributed by atoms with Crippen molar-refractivity contribution in [2.75, 3.05) is 12.8 Å². The molecule has 0 aliphatic carbocycles. The maximum Gasteiger partial charge on any atom is 0.0184 e. The van der Waals surface area contributed by atoms with Gasteiger partial charge in [0.1, 0.15) is 0 Å². The summed E-state index contributed by atoms with van der Waals surface area (Å²) in [5.74, 6) is 1.89. The maximum atomic E-state index is 3.42. The molecule has 2 unspecified atom stereocenters. The Kier molecular flexibility index (Phi) is 5.93. The quantitative estimate of drug-likeness (QED) is 0.757. The summed E-state index contributed by atoms with van der Waals surface area (Å²) in [6.45, 7) is 6.72. The lowest BCUT2D eigenvalue weighted by molar-refractivity contribution is 0.420. The zero-order valence-electron chi connectivity index (χ0n) is 10.8. The molecule has 1 aromatic rings. The molecule has 0 bridgehead atoms. The van der Waals surface area contributed by atoms with Gasteiger partial charge in [-0.25, -0.2) is 0 Å². The third kappa shape index (κ3) is 4.18. The molecule has 2 atom stereocenters. The number of aryl methyl sites for hydroxylation is 1. The van der Waals surface area contributed by atoms with E-state index in [9.17, 15) is 0 Å². The Bertz CT molecular complexity index is 311. The van der Waals surface area contributed by atoms with E-state index in [1.807, 2.05) is 11.8 Å². The molecule has 0 aliphatic rings. The average Bonchev–Trinajstić information content (AvgIpc) is 2.29. The van der Waals surface area contributed by atoms with Crippen molar-refractivity contribution in [1.29, 1.82) is 0 Å². The van der Waals surface area contributed by atoms with Crippen LogP contribution in [0.4, 0.5) is 0 Å². The summed E-state index contributed by atoms with van der Waals surface area (Å²) in [6, 6.07) is 9.34. The zero-order valence-corrected chi connectivity index (χ0v) is 11.6. The van der Waals surface area contributed by atoms with Crippen LogP contribution in [0.5, 0.6) is 0 Å². The van der Waals surface area contributed by atoms with Crippen LogP contribution in [0.2, 0.25) is 0 Å². The lowest BCUT2D eigenvalue weighted by Crippen LogP contribution is -2.34. The predicted molar refractivity (Wildman–Crippen MR) is 74.2 cm³/mol. The maximum absolute atomic E-state index is 3.42. The van der Waals surface area contributed by atoms with Gasteiger partial charge in [0.05, 0.1) is 0 Å². The van der Waals surface area contributed by atoms with Crippen LogP contribution < -0.4 is 5.32 Å². The van der Waals surface area contributed by atoms with E-state index in [1.54, 1.807) is 0 Å².